The lowest BCUT2D eigenvalue weighted by Crippen LogP contribution is -2.13. The largest absolute Gasteiger partial charge is 0.385 e. The summed E-state index contributed by atoms with van der Waals surface area (Å²) < 4.78 is 0. The minimum Gasteiger partial charge on any atom is -0.385 e. The van der Waals surface area contributed by atoms with E-state index in [1.54, 1.807) is 0 Å². The van der Waals surface area contributed by atoms with Crippen LogP contribution in [0.15, 0.2) is 48.5 Å². The summed E-state index contributed by atoms with van der Waals surface area (Å²) in [5.74, 6) is 0. The summed E-state index contributed by atoms with van der Waals surface area (Å²) in [5, 5.41) is 42.3. The zero-order valence-electron chi connectivity index (χ0n) is 11.2. The molecule has 8 nitrogen and oxygen atoms in total. The van der Waals surface area contributed by atoms with Gasteiger partial charge in [-0.05, 0) is 12.1 Å². The Morgan fingerprint density at radius 1 is 0.727 bits per heavy atom. The van der Waals surface area contributed by atoms with Crippen molar-refractivity contribution >= 4 is 11.4 Å². The van der Waals surface area contributed by atoms with Gasteiger partial charge in [-0.1, -0.05) is 24.3 Å². The number of nitro groups is 2. The summed E-state index contributed by atoms with van der Waals surface area (Å²) in [6.07, 6.45) is -3.33. The highest BCUT2D eigenvalue weighted by molar-refractivity contribution is 5.46. The van der Waals surface area contributed by atoms with Crippen LogP contribution in [0.5, 0.6) is 0 Å². The van der Waals surface area contributed by atoms with E-state index in [0.29, 0.717) is 0 Å². The Labute approximate surface area is 124 Å². The number of rotatable bonds is 5. The molecule has 0 fully saturated rings. The molecule has 0 aliphatic carbocycles. The van der Waals surface area contributed by atoms with E-state index in [0.717, 1.165) is 0 Å². The van der Waals surface area contributed by atoms with Gasteiger partial charge >= 0.3 is 0 Å². The van der Waals surface area contributed by atoms with E-state index in [2.05, 4.69) is 0 Å². The topological polar surface area (TPSA) is 127 Å². The van der Waals surface area contributed by atoms with Crippen molar-refractivity contribution in [3.63, 3.8) is 0 Å². The lowest BCUT2D eigenvalue weighted by atomic mass is 9.96. The van der Waals surface area contributed by atoms with Gasteiger partial charge in [-0.25, -0.2) is 0 Å². The van der Waals surface area contributed by atoms with Crippen LogP contribution in [-0.2, 0) is 0 Å². The summed E-state index contributed by atoms with van der Waals surface area (Å²) in [7, 11) is 0. The predicted octanol–water partition coefficient (Wildman–Crippen LogP) is 2.27. The van der Waals surface area contributed by atoms with Crippen molar-refractivity contribution in [3.8, 4) is 0 Å². The Morgan fingerprint density at radius 3 is 1.36 bits per heavy atom. The minimum absolute atomic E-state index is 0.113. The number of benzene rings is 2. The molecule has 0 spiro atoms. The molecule has 114 valence electrons. The third-order valence-corrected chi connectivity index (χ3v) is 3.20. The van der Waals surface area contributed by atoms with Gasteiger partial charge in [0.05, 0.1) is 21.0 Å². The van der Waals surface area contributed by atoms with Crippen LogP contribution in [0.25, 0.3) is 0 Å². The Morgan fingerprint density at radius 2 is 1.05 bits per heavy atom. The second-order valence-corrected chi connectivity index (χ2v) is 4.52. The van der Waals surface area contributed by atoms with E-state index in [9.17, 15) is 30.4 Å². The highest BCUT2D eigenvalue weighted by Crippen LogP contribution is 2.36. The molecule has 2 atom stereocenters. The molecule has 0 aliphatic heterocycles. The molecule has 2 N–H and O–H groups in total. The molecular formula is C14H12N2O6. The molecule has 0 saturated heterocycles. The van der Waals surface area contributed by atoms with E-state index < -0.39 is 22.1 Å². The molecule has 0 unspecified atom stereocenters. The second-order valence-electron chi connectivity index (χ2n) is 4.52. The van der Waals surface area contributed by atoms with Crippen molar-refractivity contribution in [2.24, 2.45) is 0 Å². The monoisotopic (exact) mass is 304 g/mol. The fourth-order valence-corrected chi connectivity index (χ4v) is 2.15. The molecule has 0 heterocycles. The quantitative estimate of drug-likeness (QED) is 0.644. The molecule has 0 bridgehead atoms. The van der Waals surface area contributed by atoms with Gasteiger partial charge in [0, 0.05) is 12.1 Å². The number of para-hydroxylation sites is 2. The van der Waals surface area contributed by atoms with Crippen LogP contribution >= 0.6 is 0 Å². The zero-order valence-corrected chi connectivity index (χ0v) is 11.2. The van der Waals surface area contributed by atoms with Gasteiger partial charge in [-0.3, -0.25) is 20.2 Å². The van der Waals surface area contributed by atoms with Crippen LogP contribution in [0, 0.1) is 20.2 Å². The summed E-state index contributed by atoms with van der Waals surface area (Å²) in [6.45, 7) is 0. The number of hydrogen-bond donors (Lipinski definition) is 2. The summed E-state index contributed by atoms with van der Waals surface area (Å²) >= 11 is 0. The Hall–Kier alpha value is -2.84. The molecule has 8 heteroatoms. The third kappa shape index (κ3) is 2.92. The molecule has 2 aromatic rings. The number of nitro benzene ring substituents is 2. The van der Waals surface area contributed by atoms with Gasteiger partial charge in [-0.2, -0.15) is 0 Å². The Kier molecular flexibility index (Phi) is 4.44. The van der Waals surface area contributed by atoms with Gasteiger partial charge in [0.1, 0.15) is 12.2 Å². The molecule has 0 amide bonds. The Balaban J connectivity index is 2.45. The summed E-state index contributed by atoms with van der Waals surface area (Å²) in [4.78, 5) is 20.6. The van der Waals surface area contributed by atoms with Crippen LogP contribution in [-0.4, -0.2) is 20.1 Å². The van der Waals surface area contributed by atoms with Gasteiger partial charge in [0.25, 0.3) is 11.4 Å². The van der Waals surface area contributed by atoms with Crippen molar-refractivity contribution < 1.29 is 20.1 Å². The van der Waals surface area contributed by atoms with Gasteiger partial charge < -0.3 is 10.2 Å². The van der Waals surface area contributed by atoms with Crippen molar-refractivity contribution in [1.29, 1.82) is 0 Å². The van der Waals surface area contributed by atoms with Crippen LogP contribution in [0.4, 0.5) is 11.4 Å². The lowest BCUT2D eigenvalue weighted by Gasteiger charge is -2.18. The zero-order chi connectivity index (χ0) is 16.3. The SMILES string of the molecule is O=[N+]([O-])c1ccccc1[C@@H](O)[C@H](O)c1ccccc1[N+](=O)[O-]. The predicted molar refractivity (Wildman–Crippen MR) is 76.1 cm³/mol. The molecule has 22 heavy (non-hydrogen) atoms. The average Bonchev–Trinajstić information content (AvgIpc) is 2.53. The second kappa shape index (κ2) is 6.29. The van der Waals surface area contributed by atoms with Crippen molar-refractivity contribution in [3.05, 3.63) is 79.9 Å². The lowest BCUT2D eigenvalue weighted by molar-refractivity contribution is -0.387. The highest BCUT2D eigenvalue weighted by atomic mass is 16.6. The summed E-state index contributed by atoms with van der Waals surface area (Å²) in [5.41, 5.74) is -0.962. The molecule has 0 aromatic heterocycles. The first-order valence-corrected chi connectivity index (χ1v) is 6.26. The van der Waals surface area contributed by atoms with Crippen molar-refractivity contribution in [1.82, 2.24) is 0 Å². The first kappa shape index (κ1) is 15.5. The third-order valence-electron chi connectivity index (χ3n) is 3.20. The van der Waals surface area contributed by atoms with E-state index in [1.165, 1.54) is 48.5 Å². The van der Waals surface area contributed by atoms with Gasteiger partial charge in [-0.15, -0.1) is 0 Å². The first-order chi connectivity index (χ1) is 10.4. The highest BCUT2D eigenvalue weighted by Gasteiger charge is 2.30. The maximum absolute atomic E-state index is 11.0. The number of aliphatic hydroxyl groups excluding tert-OH is 2. The molecule has 2 aromatic carbocycles. The standard InChI is InChI=1S/C14H12N2O6/c17-13(9-5-1-3-7-11(9)15(19)20)14(18)10-6-2-4-8-12(10)16(21)22/h1-8,13-14,17-18H/t13-,14-/m1/s1. The van der Waals surface area contributed by atoms with Crippen LogP contribution in [0.3, 0.4) is 0 Å². The Bertz CT molecular complexity index is 656. The fraction of sp³-hybridized carbons (Fsp3) is 0.143. The maximum atomic E-state index is 11.0. The number of nitrogens with zero attached hydrogens (tertiary/aromatic N) is 2. The molecular weight excluding hydrogens is 292 g/mol. The van der Waals surface area contributed by atoms with Crippen LogP contribution in [0.1, 0.15) is 23.3 Å². The van der Waals surface area contributed by atoms with Gasteiger partial charge in [0.2, 0.25) is 0 Å². The molecule has 0 aliphatic rings. The number of aliphatic hydroxyl groups is 2. The van der Waals surface area contributed by atoms with Crippen LogP contribution < -0.4 is 0 Å². The van der Waals surface area contributed by atoms with Gasteiger partial charge in [0.15, 0.2) is 0 Å². The van der Waals surface area contributed by atoms with Crippen molar-refractivity contribution in [2.75, 3.05) is 0 Å². The fourth-order valence-electron chi connectivity index (χ4n) is 2.15. The smallest absolute Gasteiger partial charge is 0.275 e. The van der Waals surface area contributed by atoms with E-state index >= 15 is 0 Å². The molecule has 0 saturated carbocycles. The minimum atomic E-state index is -1.66. The van der Waals surface area contributed by atoms with Crippen molar-refractivity contribution in [2.45, 2.75) is 12.2 Å². The normalized spacial score (nSPS) is 13.4. The summed E-state index contributed by atoms with van der Waals surface area (Å²) in [6, 6.07) is 10.7. The first-order valence-electron chi connectivity index (χ1n) is 6.26. The maximum Gasteiger partial charge on any atom is 0.275 e. The molecule has 0 radical (unpaired) electrons. The van der Waals surface area contributed by atoms with E-state index in [-0.39, 0.29) is 22.5 Å². The van der Waals surface area contributed by atoms with E-state index in [1.807, 2.05) is 0 Å². The van der Waals surface area contributed by atoms with Crippen LogP contribution in [0.2, 0.25) is 0 Å². The van der Waals surface area contributed by atoms with E-state index in [4.69, 9.17) is 0 Å². The molecule has 2 rings (SSSR count). The number of hydrogen-bond acceptors (Lipinski definition) is 6. The average molecular weight is 304 g/mol.